The summed E-state index contributed by atoms with van der Waals surface area (Å²) in [6, 6.07) is 1.79. The molecule has 2 N–H and O–H groups in total. The molecule has 2 aromatic heterocycles. The Morgan fingerprint density at radius 1 is 1.39 bits per heavy atom. The second-order valence-corrected chi connectivity index (χ2v) is 6.10. The van der Waals surface area contributed by atoms with Gasteiger partial charge in [0.2, 0.25) is 0 Å². The van der Waals surface area contributed by atoms with Crippen molar-refractivity contribution in [1.82, 2.24) is 15.5 Å². The topological polar surface area (TPSA) is 88.0 Å². The van der Waals surface area contributed by atoms with Crippen molar-refractivity contribution in [3.63, 3.8) is 0 Å². The SMILES string of the molecule is Cc1cc(CCC(C)C)oc(=O)c1C(=O)NCCc1cn[nH]c1. The summed E-state index contributed by atoms with van der Waals surface area (Å²) in [5.74, 6) is 0.776. The van der Waals surface area contributed by atoms with E-state index in [-0.39, 0.29) is 5.56 Å². The van der Waals surface area contributed by atoms with Gasteiger partial charge in [-0.25, -0.2) is 4.79 Å². The number of aromatic nitrogens is 2. The molecule has 0 unspecified atom stereocenters. The molecule has 2 rings (SSSR count). The predicted octanol–water partition coefficient (Wildman–Crippen LogP) is 2.23. The van der Waals surface area contributed by atoms with Gasteiger partial charge in [-0.15, -0.1) is 0 Å². The molecule has 23 heavy (non-hydrogen) atoms. The fourth-order valence-corrected chi connectivity index (χ4v) is 2.32. The molecule has 0 atom stereocenters. The molecule has 124 valence electrons. The summed E-state index contributed by atoms with van der Waals surface area (Å²) in [5, 5.41) is 9.31. The molecule has 0 saturated carbocycles. The van der Waals surface area contributed by atoms with Crippen molar-refractivity contribution >= 4 is 5.91 Å². The average molecular weight is 317 g/mol. The molecule has 0 radical (unpaired) electrons. The summed E-state index contributed by atoms with van der Waals surface area (Å²) >= 11 is 0. The molecule has 0 fully saturated rings. The van der Waals surface area contributed by atoms with E-state index in [9.17, 15) is 9.59 Å². The van der Waals surface area contributed by atoms with E-state index in [1.54, 1.807) is 25.4 Å². The van der Waals surface area contributed by atoms with Crippen LogP contribution in [0, 0.1) is 12.8 Å². The van der Waals surface area contributed by atoms with Gasteiger partial charge in [-0.3, -0.25) is 9.89 Å². The lowest BCUT2D eigenvalue weighted by Crippen LogP contribution is -2.31. The zero-order valence-electron chi connectivity index (χ0n) is 13.8. The first-order valence-electron chi connectivity index (χ1n) is 7.87. The molecule has 6 nitrogen and oxygen atoms in total. The summed E-state index contributed by atoms with van der Waals surface area (Å²) in [7, 11) is 0. The Morgan fingerprint density at radius 3 is 2.78 bits per heavy atom. The fourth-order valence-electron chi connectivity index (χ4n) is 2.32. The number of hydrogen-bond acceptors (Lipinski definition) is 4. The summed E-state index contributed by atoms with van der Waals surface area (Å²) in [6.07, 6.45) is 5.78. The van der Waals surface area contributed by atoms with Crippen molar-refractivity contribution in [2.24, 2.45) is 5.92 Å². The number of aromatic amines is 1. The smallest absolute Gasteiger partial charge is 0.349 e. The molecule has 0 saturated heterocycles. The quantitative estimate of drug-likeness (QED) is 0.819. The van der Waals surface area contributed by atoms with Crippen molar-refractivity contribution in [1.29, 1.82) is 0 Å². The van der Waals surface area contributed by atoms with E-state index in [0.29, 0.717) is 36.6 Å². The standard InChI is InChI=1S/C17H23N3O3/c1-11(2)4-5-14-8-12(3)15(17(22)23-14)16(21)18-7-6-13-9-19-20-10-13/h8-11H,4-7H2,1-3H3,(H,18,21)(H,19,20). The summed E-state index contributed by atoms with van der Waals surface area (Å²) < 4.78 is 5.28. The Balaban J connectivity index is 2.00. The highest BCUT2D eigenvalue weighted by molar-refractivity contribution is 5.95. The summed E-state index contributed by atoms with van der Waals surface area (Å²) in [6.45, 7) is 6.44. The molecule has 0 spiro atoms. The lowest BCUT2D eigenvalue weighted by Gasteiger charge is -2.08. The Hall–Kier alpha value is -2.37. The molecule has 1 amide bonds. The van der Waals surface area contributed by atoms with Crippen LogP contribution in [-0.4, -0.2) is 22.6 Å². The number of carbonyl (C=O) groups is 1. The van der Waals surface area contributed by atoms with Gasteiger partial charge in [0.15, 0.2) is 0 Å². The van der Waals surface area contributed by atoms with E-state index in [0.717, 1.165) is 12.0 Å². The van der Waals surface area contributed by atoms with Gasteiger partial charge in [-0.2, -0.15) is 5.10 Å². The van der Waals surface area contributed by atoms with Gasteiger partial charge in [0.1, 0.15) is 11.3 Å². The normalized spacial score (nSPS) is 11.0. The van der Waals surface area contributed by atoms with Crippen LogP contribution in [0.5, 0.6) is 0 Å². The number of nitrogens with zero attached hydrogens (tertiary/aromatic N) is 1. The van der Waals surface area contributed by atoms with E-state index in [2.05, 4.69) is 29.4 Å². The van der Waals surface area contributed by atoms with Crippen molar-refractivity contribution in [2.75, 3.05) is 6.54 Å². The number of amides is 1. The molecule has 0 aliphatic carbocycles. The molecule has 2 heterocycles. The molecule has 0 aromatic carbocycles. The third-order valence-corrected chi connectivity index (χ3v) is 3.65. The van der Waals surface area contributed by atoms with Gasteiger partial charge in [0.05, 0.1) is 6.20 Å². The Bertz CT molecular complexity index is 702. The zero-order chi connectivity index (χ0) is 16.8. The van der Waals surface area contributed by atoms with Crippen LogP contribution in [-0.2, 0) is 12.8 Å². The monoisotopic (exact) mass is 317 g/mol. The lowest BCUT2D eigenvalue weighted by molar-refractivity contribution is 0.0949. The number of carbonyl (C=O) groups excluding carboxylic acids is 1. The van der Waals surface area contributed by atoms with Gasteiger partial charge >= 0.3 is 5.63 Å². The van der Waals surface area contributed by atoms with Crippen LogP contribution in [0.2, 0.25) is 0 Å². The van der Waals surface area contributed by atoms with Gasteiger partial charge in [-0.1, -0.05) is 13.8 Å². The second-order valence-electron chi connectivity index (χ2n) is 6.10. The van der Waals surface area contributed by atoms with Crippen LogP contribution >= 0.6 is 0 Å². The first-order chi connectivity index (χ1) is 11.0. The van der Waals surface area contributed by atoms with Crippen molar-refractivity contribution < 1.29 is 9.21 Å². The van der Waals surface area contributed by atoms with E-state index >= 15 is 0 Å². The number of H-pyrrole nitrogens is 1. The Labute approximate surface area is 135 Å². The van der Waals surface area contributed by atoms with Crippen LogP contribution in [0.4, 0.5) is 0 Å². The van der Waals surface area contributed by atoms with Crippen molar-refractivity contribution in [3.05, 3.63) is 51.3 Å². The zero-order valence-corrected chi connectivity index (χ0v) is 13.8. The molecule has 6 heteroatoms. The van der Waals surface area contributed by atoms with Crippen LogP contribution < -0.4 is 10.9 Å². The average Bonchev–Trinajstić information content (AvgIpc) is 2.97. The van der Waals surface area contributed by atoms with E-state index in [1.165, 1.54) is 0 Å². The number of nitrogens with one attached hydrogen (secondary N) is 2. The van der Waals surface area contributed by atoms with Crippen LogP contribution in [0.15, 0.2) is 27.7 Å². The van der Waals surface area contributed by atoms with Gasteiger partial charge in [0.25, 0.3) is 5.91 Å². The van der Waals surface area contributed by atoms with E-state index < -0.39 is 11.5 Å². The molecule has 0 bridgehead atoms. The highest BCUT2D eigenvalue weighted by atomic mass is 16.4. The molecule has 0 aliphatic heterocycles. The minimum absolute atomic E-state index is 0.0884. The van der Waals surface area contributed by atoms with Gasteiger partial charge < -0.3 is 9.73 Å². The van der Waals surface area contributed by atoms with Crippen LogP contribution in [0.25, 0.3) is 0 Å². The second kappa shape index (κ2) is 7.76. The summed E-state index contributed by atoms with van der Waals surface area (Å²) in [4.78, 5) is 24.3. The minimum atomic E-state index is -0.565. The highest BCUT2D eigenvalue weighted by Gasteiger charge is 2.16. The van der Waals surface area contributed by atoms with E-state index in [1.807, 2.05) is 0 Å². The highest BCUT2D eigenvalue weighted by Crippen LogP contribution is 2.11. The fraction of sp³-hybridized carbons (Fsp3) is 0.471. The van der Waals surface area contributed by atoms with Gasteiger partial charge in [0, 0.05) is 19.2 Å². The van der Waals surface area contributed by atoms with Crippen LogP contribution in [0.3, 0.4) is 0 Å². The third-order valence-electron chi connectivity index (χ3n) is 3.65. The number of rotatable bonds is 7. The Morgan fingerprint density at radius 2 is 2.17 bits per heavy atom. The molecular weight excluding hydrogens is 294 g/mol. The maximum atomic E-state index is 12.2. The van der Waals surface area contributed by atoms with E-state index in [4.69, 9.17) is 4.42 Å². The largest absolute Gasteiger partial charge is 0.427 e. The van der Waals surface area contributed by atoms with Crippen LogP contribution in [0.1, 0.15) is 47.5 Å². The third kappa shape index (κ3) is 4.81. The first kappa shape index (κ1) is 17.0. The maximum Gasteiger partial charge on any atom is 0.349 e. The van der Waals surface area contributed by atoms with Gasteiger partial charge in [-0.05, 0) is 42.9 Å². The van der Waals surface area contributed by atoms with Crippen molar-refractivity contribution in [2.45, 2.75) is 40.0 Å². The number of aryl methyl sites for hydroxylation is 2. The first-order valence-corrected chi connectivity index (χ1v) is 7.87. The molecule has 0 aliphatic rings. The minimum Gasteiger partial charge on any atom is -0.427 e. The van der Waals surface area contributed by atoms with Crippen molar-refractivity contribution in [3.8, 4) is 0 Å². The Kier molecular flexibility index (Phi) is 5.73. The lowest BCUT2D eigenvalue weighted by atomic mass is 10.0. The molecule has 2 aromatic rings. The predicted molar refractivity (Wildman–Crippen MR) is 87.5 cm³/mol. The maximum absolute atomic E-state index is 12.2. The number of hydrogen-bond donors (Lipinski definition) is 2. The molecular formula is C17H23N3O3. The summed E-state index contributed by atoms with van der Waals surface area (Å²) in [5.41, 5.74) is 1.17.